The maximum Gasteiger partial charge on any atom is -0.0185 e. The van der Waals surface area contributed by atoms with Crippen LogP contribution in [0.3, 0.4) is 0 Å². The first-order valence-corrected chi connectivity index (χ1v) is 8.08. The summed E-state index contributed by atoms with van der Waals surface area (Å²) in [5.74, 6) is 1.27. The number of hydrogen-bond acceptors (Lipinski definition) is 0. The molecule has 0 aliphatic heterocycles. The zero-order valence-electron chi connectivity index (χ0n) is 14.9. The first-order chi connectivity index (χ1) is 8.98. The van der Waals surface area contributed by atoms with Gasteiger partial charge in [-0.3, -0.25) is 0 Å². The molecule has 0 saturated carbocycles. The SMILES string of the molecule is CC(CC(C)(C)C)c1cccc(C(C)CC(C)(C)C)c1. The van der Waals surface area contributed by atoms with Gasteiger partial charge >= 0.3 is 0 Å². The van der Waals surface area contributed by atoms with E-state index < -0.39 is 0 Å². The molecule has 0 aromatic heterocycles. The maximum absolute atomic E-state index is 2.44. The summed E-state index contributed by atoms with van der Waals surface area (Å²) in [6.07, 6.45) is 2.48. The van der Waals surface area contributed by atoms with E-state index in [1.165, 1.54) is 24.0 Å². The van der Waals surface area contributed by atoms with E-state index in [9.17, 15) is 0 Å². The van der Waals surface area contributed by atoms with Crippen molar-refractivity contribution in [3.63, 3.8) is 0 Å². The molecule has 20 heavy (non-hydrogen) atoms. The minimum Gasteiger partial charge on any atom is -0.0617 e. The van der Waals surface area contributed by atoms with E-state index in [4.69, 9.17) is 0 Å². The molecule has 1 aromatic rings. The second-order valence-electron chi connectivity index (χ2n) is 9.00. The zero-order valence-corrected chi connectivity index (χ0v) is 14.9. The molecule has 0 N–H and O–H groups in total. The number of hydrogen-bond donors (Lipinski definition) is 0. The largest absolute Gasteiger partial charge is 0.0617 e. The van der Waals surface area contributed by atoms with Crippen molar-refractivity contribution in [2.75, 3.05) is 0 Å². The van der Waals surface area contributed by atoms with Gasteiger partial charge in [-0.2, -0.15) is 0 Å². The van der Waals surface area contributed by atoms with Crippen LogP contribution in [0, 0.1) is 10.8 Å². The quantitative estimate of drug-likeness (QED) is 0.568. The first kappa shape index (κ1) is 17.3. The molecule has 0 radical (unpaired) electrons. The van der Waals surface area contributed by atoms with Crippen LogP contribution >= 0.6 is 0 Å². The molecular formula is C20H34. The van der Waals surface area contributed by atoms with Crippen LogP contribution in [-0.2, 0) is 0 Å². The second kappa shape index (κ2) is 6.33. The first-order valence-electron chi connectivity index (χ1n) is 8.08. The van der Waals surface area contributed by atoms with Crippen molar-refractivity contribution in [2.24, 2.45) is 10.8 Å². The smallest absolute Gasteiger partial charge is 0.0185 e. The summed E-state index contributed by atoms with van der Waals surface area (Å²) in [5.41, 5.74) is 3.79. The highest BCUT2D eigenvalue weighted by molar-refractivity contribution is 5.28. The molecule has 0 heterocycles. The lowest BCUT2D eigenvalue weighted by molar-refractivity contribution is 0.346. The zero-order chi connectivity index (χ0) is 15.6. The van der Waals surface area contributed by atoms with Crippen molar-refractivity contribution >= 4 is 0 Å². The Morgan fingerprint density at radius 1 is 0.750 bits per heavy atom. The lowest BCUT2D eigenvalue weighted by atomic mass is 9.79. The van der Waals surface area contributed by atoms with Gasteiger partial charge in [0.05, 0.1) is 0 Å². The van der Waals surface area contributed by atoms with Gasteiger partial charge < -0.3 is 0 Å². The van der Waals surface area contributed by atoms with Crippen molar-refractivity contribution in [3.05, 3.63) is 35.4 Å². The molecule has 0 heteroatoms. The Hall–Kier alpha value is -0.780. The normalized spacial score (nSPS) is 16.0. The van der Waals surface area contributed by atoms with Gasteiger partial charge in [-0.25, -0.2) is 0 Å². The Morgan fingerprint density at radius 2 is 1.10 bits per heavy atom. The summed E-state index contributed by atoms with van der Waals surface area (Å²) >= 11 is 0. The Balaban J connectivity index is 2.85. The van der Waals surface area contributed by atoms with Gasteiger partial charge in [0.2, 0.25) is 0 Å². The van der Waals surface area contributed by atoms with Crippen molar-refractivity contribution < 1.29 is 0 Å². The molecule has 1 rings (SSSR count). The fraction of sp³-hybridized carbons (Fsp3) is 0.700. The summed E-state index contributed by atoms with van der Waals surface area (Å²) in [4.78, 5) is 0. The second-order valence-corrected chi connectivity index (χ2v) is 9.00. The van der Waals surface area contributed by atoms with Crippen LogP contribution in [0.2, 0.25) is 0 Å². The van der Waals surface area contributed by atoms with E-state index in [0.29, 0.717) is 22.7 Å². The van der Waals surface area contributed by atoms with Gasteiger partial charge in [0.1, 0.15) is 0 Å². The molecule has 0 fully saturated rings. The molecule has 1 aromatic carbocycles. The Morgan fingerprint density at radius 3 is 1.40 bits per heavy atom. The highest BCUT2D eigenvalue weighted by Crippen LogP contribution is 2.34. The van der Waals surface area contributed by atoms with E-state index in [1.807, 2.05) is 0 Å². The summed E-state index contributed by atoms with van der Waals surface area (Å²) in [5, 5.41) is 0. The van der Waals surface area contributed by atoms with Crippen molar-refractivity contribution in [1.82, 2.24) is 0 Å². The molecular weight excluding hydrogens is 240 g/mol. The van der Waals surface area contributed by atoms with Gasteiger partial charge in [-0.15, -0.1) is 0 Å². The lowest BCUT2D eigenvalue weighted by Gasteiger charge is -2.26. The maximum atomic E-state index is 2.44. The molecule has 2 atom stereocenters. The summed E-state index contributed by atoms with van der Waals surface area (Å²) < 4.78 is 0. The number of benzene rings is 1. The van der Waals surface area contributed by atoms with Gasteiger partial charge in [0.25, 0.3) is 0 Å². The van der Waals surface area contributed by atoms with E-state index in [2.05, 4.69) is 79.7 Å². The Bertz CT molecular complexity index is 377. The third-order valence-corrected chi connectivity index (χ3v) is 3.89. The highest BCUT2D eigenvalue weighted by atomic mass is 14.2. The van der Waals surface area contributed by atoms with Gasteiger partial charge in [0, 0.05) is 0 Å². The van der Waals surface area contributed by atoms with Crippen LogP contribution in [0.15, 0.2) is 24.3 Å². The topological polar surface area (TPSA) is 0 Å². The molecule has 2 unspecified atom stereocenters. The minimum absolute atomic E-state index is 0.395. The van der Waals surface area contributed by atoms with E-state index >= 15 is 0 Å². The molecule has 0 amide bonds. The monoisotopic (exact) mass is 274 g/mol. The van der Waals surface area contributed by atoms with E-state index in [-0.39, 0.29) is 0 Å². The summed E-state index contributed by atoms with van der Waals surface area (Å²) in [7, 11) is 0. The number of rotatable bonds is 4. The van der Waals surface area contributed by atoms with Crippen LogP contribution in [0.5, 0.6) is 0 Å². The fourth-order valence-electron chi connectivity index (χ4n) is 3.24. The fourth-order valence-corrected chi connectivity index (χ4v) is 3.24. The predicted molar refractivity (Wildman–Crippen MR) is 91.4 cm³/mol. The van der Waals surface area contributed by atoms with Gasteiger partial charge in [-0.05, 0) is 46.6 Å². The van der Waals surface area contributed by atoms with Crippen LogP contribution in [0.25, 0.3) is 0 Å². The molecule has 0 aliphatic rings. The lowest BCUT2D eigenvalue weighted by Crippen LogP contribution is -2.11. The van der Waals surface area contributed by atoms with E-state index in [0.717, 1.165) is 0 Å². The molecule has 114 valence electrons. The predicted octanol–water partition coefficient (Wildman–Crippen LogP) is 6.77. The molecule has 0 spiro atoms. The third-order valence-electron chi connectivity index (χ3n) is 3.89. The van der Waals surface area contributed by atoms with Crippen LogP contribution < -0.4 is 0 Å². The van der Waals surface area contributed by atoms with Crippen LogP contribution in [0.1, 0.15) is 91.2 Å². The molecule has 0 bridgehead atoms. The van der Waals surface area contributed by atoms with Crippen LogP contribution in [0.4, 0.5) is 0 Å². The minimum atomic E-state index is 0.395. The average molecular weight is 274 g/mol. The van der Waals surface area contributed by atoms with Crippen molar-refractivity contribution in [3.8, 4) is 0 Å². The van der Waals surface area contributed by atoms with Crippen LogP contribution in [-0.4, -0.2) is 0 Å². The third kappa shape index (κ3) is 6.11. The molecule has 0 nitrogen and oxygen atoms in total. The van der Waals surface area contributed by atoms with E-state index in [1.54, 1.807) is 0 Å². The van der Waals surface area contributed by atoms with Gasteiger partial charge in [-0.1, -0.05) is 79.7 Å². The Kier molecular flexibility index (Phi) is 5.46. The van der Waals surface area contributed by atoms with Crippen molar-refractivity contribution in [2.45, 2.75) is 80.1 Å². The standard InChI is InChI=1S/C20H34/c1-15(13-19(3,4)5)17-10-9-11-18(12-17)16(2)14-20(6,7)8/h9-12,15-16H,13-14H2,1-8H3. The van der Waals surface area contributed by atoms with Crippen molar-refractivity contribution in [1.29, 1.82) is 0 Å². The molecule has 0 saturated heterocycles. The van der Waals surface area contributed by atoms with Gasteiger partial charge in [0.15, 0.2) is 0 Å². The summed E-state index contributed by atoms with van der Waals surface area (Å²) in [6.45, 7) is 18.7. The Labute approximate surface area is 127 Å². The molecule has 0 aliphatic carbocycles. The highest BCUT2D eigenvalue weighted by Gasteiger charge is 2.19. The average Bonchev–Trinajstić information content (AvgIpc) is 2.24. The summed E-state index contributed by atoms with van der Waals surface area (Å²) in [6, 6.07) is 9.27.